The second-order valence-corrected chi connectivity index (χ2v) is 6.81. The number of amides is 2. The van der Waals surface area contributed by atoms with Crippen molar-refractivity contribution < 1.29 is 23.8 Å². The van der Waals surface area contributed by atoms with Gasteiger partial charge in [0.05, 0.1) is 18.0 Å². The van der Waals surface area contributed by atoms with Crippen molar-refractivity contribution in [3.8, 4) is 17.2 Å². The summed E-state index contributed by atoms with van der Waals surface area (Å²) in [4.78, 5) is 26.4. The molecule has 2 aromatic rings. The van der Waals surface area contributed by atoms with Crippen LogP contribution in [0, 0.1) is 0 Å². The Morgan fingerprint density at radius 2 is 2.11 bits per heavy atom. The first-order chi connectivity index (χ1) is 13.5. The molecule has 146 valence electrons. The smallest absolute Gasteiger partial charge is 0.265 e. The first-order valence-corrected chi connectivity index (χ1v) is 9.33. The summed E-state index contributed by atoms with van der Waals surface area (Å²) in [5.74, 6) is 1.35. The molecule has 2 aliphatic heterocycles. The van der Waals surface area contributed by atoms with E-state index in [2.05, 4.69) is 5.32 Å². The van der Waals surface area contributed by atoms with Crippen LogP contribution in [0.25, 0.3) is 0 Å². The van der Waals surface area contributed by atoms with E-state index >= 15 is 0 Å². The Labute approximate surface area is 163 Å². The summed E-state index contributed by atoms with van der Waals surface area (Å²) in [6, 6.07) is 10.9. The highest BCUT2D eigenvalue weighted by Gasteiger charge is 2.28. The average molecular weight is 382 g/mol. The van der Waals surface area contributed by atoms with E-state index in [9.17, 15) is 9.59 Å². The maximum Gasteiger partial charge on any atom is 0.265 e. The highest BCUT2D eigenvalue weighted by molar-refractivity contribution is 6.05. The van der Waals surface area contributed by atoms with Gasteiger partial charge < -0.3 is 19.5 Å². The molecular formula is C21H22N2O5. The van der Waals surface area contributed by atoms with Crippen LogP contribution in [0.3, 0.4) is 0 Å². The van der Waals surface area contributed by atoms with Gasteiger partial charge in [0.2, 0.25) is 5.91 Å². The Hall–Kier alpha value is -3.22. The van der Waals surface area contributed by atoms with Crippen molar-refractivity contribution in [2.24, 2.45) is 0 Å². The van der Waals surface area contributed by atoms with Crippen LogP contribution in [0.5, 0.6) is 17.2 Å². The molecule has 7 nitrogen and oxygen atoms in total. The lowest BCUT2D eigenvalue weighted by molar-refractivity contribution is -0.123. The van der Waals surface area contributed by atoms with Crippen molar-refractivity contribution in [1.29, 1.82) is 0 Å². The van der Waals surface area contributed by atoms with Crippen LogP contribution >= 0.6 is 0 Å². The van der Waals surface area contributed by atoms with Crippen molar-refractivity contribution in [2.45, 2.75) is 26.4 Å². The molecule has 28 heavy (non-hydrogen) atoms. The second kappa shape index (κ2) is 7.42. The van der Waals surface area contributed by atoms with Crippen LogP contribution in [-0.2, 0) is 16.0 Å². The zero-order chi connectivity index (χ0) is 19.7. The zero-order valence-electron chi connectivity index (χ0n) is 15.9. The highest BCUT2D eigenvalue weighted by Crippen LogP contribution is 2.38. The van der Waals surface area contributed by atoms with E-state index in [1.807, 2.05) is 26.0 Å². The number of nitrogens with one attached hydrogen (secondary N) is 1. The lowest BCUT2D eigenvalue weighted by Gasteiger charge is -2.28. The summed E-state index contributed by atoms with van der Waals surface area (Å²) in [6.45, 7) is 4.17. The second-order valence-electron chi connectivity index (χ2n) is 6.81. The minimum absolute atomic E-state index is 0.0843. The normalized spacial score (nSPS) is 17.3. The van der Waals surface area contributed by atoms with Gasteiger partial charge in [-0.15, -0.1) is 0 Å². The van der Waals surface area contributed by atoms with Crippen LogP contribution < -0.4 is 24.4 Å². The Balaban J connectivity index is 1.54. The van der Waals surface area contributed by atoms with E-state index < -0.39 is 0 Å². The number of benzene rings is 2. The topological polar surface area (TPSA) is 77.1 Å². The molecule has 2 heterocycles. The predicted molar refractivity (Wildman–Crippen MR) is 104 cm³/mol. The predicted octanol–water partition coefficient (Wildman–Crippen LogP) is 2.77. The number of hydrogen-bond donors (Lipinski definition) is 1. The first kappa shape index (κ1) is 18.2. The van der Waals surface area contributed by atoms with Crippen LogP contribution in [0.4, 0.5) is 11.4 Å². The molecule has 2 aromatic carbocycles. The molecule has 7 heteroatoms. The molecule has 0 bridgehead atoms. The number of carbonyl (C=O) groups is 2. The lowest BCUT2D eigenvalue weighted by Crippen LogP contribution is -2.43. The molecule has 0 radical (unpaired) electrons. The molecule has 2 amide bonds. The van der Waals surface area contributed by atoms with Gasteiger partial charge in [0.15, 0.2) is 6.61 Å². The molecule has 0 saturated carbocycles. The number of nitrogens with zero attached hydrogens (tertiary/aromatic N) is 1. The number of hydrogen-bond acceptors (Lipinski definition) is 5. The minimum Gasteiger partial charge on any atom is -0.492 e. The number of rotatable bonds is 5. The molecule has 0 spiro atoms. The molecule has 0 aliphatic carbocycles. The van der Waals surface area contributed by atoms with Crippen LogP contribution in [0.1, 0.15) is 19.4 Å². The number of fused-ring (bicyclic) bond motifs is 2. The van der Waals surface area contributed by atoms with Gasteiger partial charge in [0.25, 0.3) is 5.91 Å². The van der Waals surface area contributed by atoms with Gasteiger partial charge in [0.1, 0.15) is 29.9 Å². The Bertz CT molecular complexity index is 927. The van der Waals surface area contributed by atoms with Crippen LogP contribution in [0.15, 0.2) is 36.4 Å². The van der Waals surface area contributed by atoms with Crippen LogP contribution in [0.2, 0.25) is 0 Å². The Kier molecular flexibility index (Phi) is 4.81. The average Bonchev–Trinajstić information content (AvgIpc) is 3.03. The quantitative estimate of drug-likeness (QED) is 0.861. The number of para-hydroxylation sites is 2. The molecular weight excluding hydrogens is 360 g/mol. The molecule has 2 aliphatic rings. The monoisotopic (exact) mass is 382 g/mol. The molecule has 0 unspecified atom stereocenters. The summed E-state index contributed by atoms with van der Waals surface area (Å²) in [6.07, 6.45) is 0.904. The lowest BCUT2D eigenvalue weighted by atomic mass is 10.1. The molecule has 4 rings (SSSR count). The SMILES string of the molecule is CCOc1cc2c(cc1NC(=O)CN1C(=O)COc3ccccc31)O[C@H](C)C2. The largest absolute Gasteiger partial charge is 0.492 e. The standard InChI is InChI=1S/C21H22N2O5/c1-3-26-19-9-14-8-13(2)28-18(14)10-15(19)22-20(24)11-23-16-6-4-5-7-17(16)27-12-21(23)25/h4-7,9-10,13H,3,8,11-12H2,1-2H3,(H,22,24)/t13-/m1/s1. The summed E-state index contributed by atoms with van der Waals surface area (Å²) < 4.78 is 16.9. The van der Waals surface area contributed by atoms with Gasteiger partial charge >= 0.3 is 0 Å². The third-order valence-electron chi connectivity index (χ3n) is 4.68. The van der Waals surface area contributed by atoms with Crippen molar-refractivity contribution in [1.82, 2.24) is 0 Å². The summed E-state index contributed by atoms with van der Waals surface area (Å²) in [5.41, 5.74) is 2.19. The number of carbonyl (C=O) groups excluding carboxylic acids is 2. The van der Waals surface area contributed by atoms with Crippen molar-refractivity contribution in [2.75, 3.05) is 30.0 Å². The molecule has 0 fully saturated rings. The maximum absolute atomic E-state index is 12.7. The minimum atomic E-state index is -0.322. The van der Waals surface area contributed by atoms with E-state index in [-0.39, 0.29) is 31.1 Å². The van der Waals surface area contributed by atoms with Crippen molar-refractivity contribution >= 4 is 23.2 Å². The van der Waals surface area contributed by atoms with Gasteiger partial charge in [-0.2, -0.15) is 0 Å². The summed E-state index contributed by atoms with van der Waals surface area (Å²) in [5, 5.41) is 2.86. The van der Waals surface area contributed by atoms with Gasteiger partial charge in [-0.1, -0.05) is 12.1 Å². The van der Waals surface area contributed by atoms with Gasteiger partial charge in [-0.3, -0.25) is 14.5 Å². The van der Waals surface area contributed by atoms with Crippen LogP contribution in [-0.4, -0.2) is 37.7 Å². The van der Waals surface area contributed by atoms with E-state index in [0.717, 1.165) is 17.7 Å². The fourth-order valence-corrected chi connectivity index (χ4v) is 3.47. The summed E-state index contributed by atoms with van der Waals surface area (Å²) in [7, 11) is 0. The van der Waals surface area contributed by atoms with E-state index in [4.69, 9.17) is 14.2 Å². The zero-order valence-corrected chi connectivity index (χ0v) is 15.9. The third kappa shape index (κ3) is 3.47. The van der Waals surface area contributed by atoms with E-state index in [1.165, 1.54) is 4.90 Å². The maximum atomic E-state index is 12.7. The Morgan fingerprint density at radius 1 is 1.29 bits per heavy atom. The van der Waals surface area contributed by atoms with Gasteiger partial charge in [-0.05, 0) is 32.0 Å². The highest BCUT2D eigenvalue weighted by atomic mass is 16.5. The van der Waals surface area contributed by atoms with Gasteiger partial charge in [0, 0.05) is 18.1 Å². The Morgan fingerprint density at radius 3 is 2.93 bits per heavy atom. The van der Waals surface area contributed by atoms with E-state index in [1.54, 1.807) is 24.3 Å². The molecule has 1 atom stereocenters. The number of ether oxygens (including phenoxy) is 3. The summed E-state index contributed by atoms with van der Waals surface area (Å²) >= 11 is 0. The molecule has 0 aromatic heterocycles. The number of anilines is 2. The first-order valence-electron chi connectivity index (χ1n) is 9.33. The van der Waals surface area contributed by atoms with Crippen molar-refractivity contribution in [3.05, 3.63) is 42.0 Å². The van der Waals surface area contributed by atoms with Crippen molar-refractivity contribution in [3.63, 3.8) is 0 Å². The fraction of sp³-hybridized carbons (Fsp3) is 0.333. The fourth-order valence-electron chi connectivity index (χ4n) is 3.47. The van der Waals surface area contributed by atoms with Gasteiger partial charge in [-0.25, -0.2) is 0 Å². The van der Waals surface area contributed by atoms with E-state index in [0.29, 0.717) is 29.5 Å². The third-order valence-corrected chi connectivity index (χ3v) is 4.68. The molecule has 1 N–H and O–H groups in total. The molecule has 0 saturated heterocycles.